The summed E-state index contributed by atoms with van der Waals surface area (Å²) in [5.41, 5.74) is 4.50. The molecule has 0 spiro atoms. The Balaban J connectivity index is 2.11. The molecule has 0 aliphatic carbocycles. The standard InChI is InChI=1S/C20H16Cl2N2O2/c1-13-8-14(11-23-10-13)19-6-3-17(4-7-20(25)26)24(19)12-15-9-16(21)2-5-18(15)22/h2-11H,12H2,1H3,(H,25,26). The first-order valence-corrected chi connectivity index (χ1v) is 8.66. The third-order valence-electron chi connectivity index (χ3n) is 3.92. The number of rotatable bonds is 5. The molecule has 0 aliphatic heterocycles. The van der Waals surface area contributed by atoms with Gasteiger partial charge < -0.3 is 9.67 Å². The van der Waals surface area contributed by atoms with Crippen LogP contribution in [0.1, 0.15) is 16.8 Å². The summed E-state index contributed by atoms with van der Waals surface area (Å²) in [6.45, 7) is 2.43. The molecule has 0 amide bonds. The van der Waals surface area contributed by atoms with Crippen molar-refractivity contribution in [2.24, 2.45) is 0 Å². The molecule has 26 heavy (non-hydrogen) atoms. The molecule has 0 saturated heterocycles. The Bertz CT molecular complexity index is 993. The molecule has 0 saturated carbocycles. The second-order valence-electron chi connectivity index (χ2n) is 5.89. The van der Waals surface area contributed by atoms with Gasteiger partial charge in [0, 0.05) is 46.3 Å². The number of aryl methyl sites for hydroxylation is 1. The van der Waals surface area contributed by atoms with Crippen LogP contribution in [-0.2, 0) is 11.3 Å². The minimum Gasteiger partial charge on any atom is -0.478 e. The van der Waals surface area contributed by atoms with Crippen molar-refractivity contribution in [3.05, 3.63) is 81.7 Å². The lowest BCUT2D eigenvalue weighted by Crippen LogP contribution is -2.05. The van der Waals surface area contributed by atoms with Crippen LogP contribution >= 0.6 is 23.2 Å². The number of benzene rings is 1. The third kappa shape index (κ3) is 4.15. The number of hydrogen-bond acceptors (Lipinski definition) is 2. The zero-order valence-electron chi connectivity index (χ0n) is 14.0. The first-order chi connectivity index (χ1) is 12.4. The van der Waals surface area contributed by atoms with Crippen molar-refractivity contribution in [3.8, 4) is 11.3 Å². The van der Waals surface area contributed by atoms with Crippen LogP contribution in [0, 0.1) is 6.92 Å². The number of carboxylic acids is 1. The van der Waals surface area contributed by atoms with Gasteiger partial charge in [0.25, 0.3) is 0 Å². The molecule has 0 unspecified atom stereocenters. The minimum absolute atomic E-state index is 0.453. The van der Waals surface area contributed by atoms with E-state index in [0.717, 1.165) is 34.2 Å². The quantitative estimate of drug-likeness (QED) is 0.604. The van der Waals surface area contributed by atoms with Crippen LogP contribution in [0.15, 0.2) is 54.9 Å². The fourth-order valence-electron chi connectivity index (χ4n) is 2.74. The van der Waals surface area contributed by atoms with Gasteiger partial charge in [0.2, 0.25) is 0 Å². The summed E-state index contributed by atoms with van der Waals surface area (Å²) in [7, 11) is 0. The molecule has 3 rings (SSSR count). The molecule has 0 aliphatic rings. The maximum atomic E-state index is 10.9. The summed E-state index contributed by atoms with van der Waals surface area (Å²) >= 11 is 12.4. The summed E-state index contributed by atoms with van der Waals surface area (Å²) < 4.78 is 1.99. The van der Waals surface area contributed by atoms with Crippen molar-refractivity contribution >= 4 is 35.2 Å². The molecule has 1 N–H and O–H groups in total. The Hall–Kier alpha value is -2.56. The van der Waals surface area contributed by atoms with E-state index in [4.69, 9.17) is 28.3 Å². The van der Waals surface area contributed by atoms with Crippen molar-refractivity contribution < 1.29 is 9.90 Å². The van der Waals surface area contributed by atoms with E-state index in [9.17, 15) is 4.79 Å². The van der Waals surface area contributed by atoms with E-state index in [1.54, 1.807) is 30.6 Å². The summed E-state index contributed by atoms with van der Waals surface area (Å²) in [4.78, 5) is 15.2. The zero-order valence-corrected chi connectivity index (χ0v) is 15.5. The number of nitrogens with zero attached hydrogens (tertiary/aromatic N) is 2. The molecular weight excluding hydrogens is 371 g/mol. The Labute approximate surface area is 161 Å². The second-order valence-corrected chi connectivity index (χ2v) is 6.73. The Morgan fingerprint density at radius 1 is 1.19 bits per heavy atom. The van der Waals surface area contributed by atoms with Crippen LogP contribution in [0.5, 0.6) is 0 Å². The van der Waals surface area contributed by atoms with Gasteiger partial charge in [0.1, 0.15) is 0 Å². The van der Waals surface area contributed by atoms with E-state index in [2.05, 4.69) is 4.98 Å². The highest BCUT2D eigenvalue weighted by Gasteiger charge is 2.12. The van der Waals surface area contributed by atoms with Gasteiger partial charge in [-0.15, -0.1) is 0 Å². The van der Waals surface area contributed by atoms with E-state index >= 15 is 0 Å². The van der Waals surface area contributed by atoms with Crippen molar-refractivity contribution in [1.82, 2.24) is 9.55 Å². The topological polar surface area (TPSA) is 55.1 Å². The molecule has 6 heteroatoms. The van der Waals surface area contributed by atoms with E-state index in [-0.39, 0.29) is 0 Å². The summed E-state index contributed by atoms with van der Waals surface area (Å²) in [5.74, 6) is -1.00. The van der Waals surface area contributed by atoms with Crippen LogP contribution in [0.3, 0.4) is 0 Å². The molecule has 0 fully saturated rings. The van der Waals surface area contributed by atoms with Crippen molar-refractivity contribution in [1.29, 1.82) is 0 Å². The largest absolute Gasteiger partial charge is 0.478 e. The molecule has 132 valence electrons. The average molecular weight is 387 g/mol. The Morgan fingerprint density at radius 2 is 2.00 bits per heavy atom. The molecule has 1 aromatic carbocycles. The molecule has 0 radical (unpaired) electrons. The number of hydrogen-bond donors (Lipinski definition) is 1. The highest BCUT2D eigenvalue weighted by atomic mass is 35.5. The first-order valence-electron chi connectivity index (χ1n) is 7.90. The maximum Gasteiger partial charge on any atom is 0.328 e. The smallest absolute Gasteiger partial charge is 0.328 e. The summed E-state index contributed by atoms with van der Waals surface area (Å²) in [5, 5.41) is 10.1. The molecule has 0 bridgehead atoms. The van der Waals surface area contributed by atoms with Crippen LogP contribution < -0.4 is 0 Å². The van der Waals surface area contributed by atoms with Gasteiger partial charge in [0.15, 0.2) is 0 Å². The van der Waals surface area contributed by atoms with Gasteiger partial charge in [-0.1, -0.05) is 23.2 Å². The molecule has 3 aromatic rings. The SMILES string of the molecule is Cc1cncc(-c2ccc(C=CC(=O)O)n2Cc2cc(Cl)ccc2Cl)c1. The predicted molar refractivity (Wildman–Crippen MR) is 105 cm³/mol. The van der Waals surface area contributed by atoms with Gasteiger partial charge >= 0.3 is 5.97 Å². The lowest BCUT2D eigenvalue weighted by molar-refractivity contribution is -0.131. The van der Waals surface area contributed by atoms with Crippen LogP contribution in [-0.4, -0.2) is 20.6 Å². The summed E-state index contributed by atoms with van der Waals surface area (Å²) in [6, 6.07) is 11.1. The number of carboxylic acid groups (broad SMARTS) is 1. The van der Waals surface area contributed by atoms with Crippen molar-refractivity contribution in [2.75, 3.05) is 0 Å². The second kappa shape index (κ2) is 7.77. The fourth-order valence-corrected chi connectivity index (χ4v) is 3.12. The first kappa shape index (κ1) is 18.2. The average Bonchev–Trinajstić information content (AvgIpc) is 2.99. The van der Waals surface area contributed by atoms with Crippen LogP contribution in [0.25, 0.3) is 17.3 Å². The number of pyridine rings is 1. The number of halogens is 2. The molecule has 4 nitrogen and oxygen atoms in total. The molecule has 0 atom stereocenters. The number of aromatic nitrogens is 2. The predicted octanol–water partition coefficient (Wildman–Crippen LogP) is 5.31. The van der Waals surface area contributed by atoms with Crippen molar-refractivity contribution in [2.45, 2.75) is 13.5 Å². The van der Waals surface area contributed by atoms with E-state index in [0.29, 0.717) is 16.6 Å². The fraction of sp³-hybridized carbons (Fsp3) is 0.100. The molecule has 2 aromatic heterocycles. The Morgan fingerprint density at radius 3 is 2.73 bits per heavy atom. The van der Waals surface area contributed by atoms with Crippen molar-refractivity contribution in [3.63, 3.8) is 0 Å². The third-order valence-corrected chi connectivity index (χ3v) is 4.52. The highest BCUT2D eigenvalue weighted by Crippen LogP contribution is 2.28. The van der Waals surface area contributed by atoms with Gasteiger partial charge in [0.05, 0.1) is 5.69 Å². The van der Waals surface area contributed by atoms with E-state index in [1.807, 2.05) is 35.8 Å². The van der Waals surface area contributed by atoms with Gasteiger partial charge in [-0.25, -0.2) is 4.79 Å². The van der Waals surface area contributed by atoms with E-state index in [1.165, 1.54) is 0 Å². The maximum absolute atomic E-state index is 10.9. The summed E-state index contributed by atoms with van der Waals surface area (Å²) in [6.07, 6.45) is 6.25. The lowest BCUT2D eigenvalue weighted by Gasteiger charge is -2.14. The van der Waals surface area contributed by atoms with E-state index < -0.39 is 5.97 Å². The zero-order chi connectivity index (χ0) is 18.7. The molecular formula is C20H16Cl2N2O2. The highest BCUT2D eigenvalue weighted by molar-refractivity contribution is 6.33. The van der Waals surface area contributed by atoms with Crippen LogP contribution in [0.2, 0.25) is 10.0 Å². The van der Waals surface area contributed by atoms with Crippen LogP contribution in [0.4, 0.5) is 0 Å². The van der Waals surface area contributed by atoms with Gasteiger partial charge in [-0.2, -0.15) is 0 Å². The lowest BCUT2D eigenvalue weighted by atomic mass is 10.1. The number of carbonyl (C=O) groups is 1. The van der Waals surface area contributed by atoms with Gasteiger partial charge in [-0.05, 0) is 60.5 Å². The monoisotopic (exact) mass is 386 g/mol. The molecule has 2 heterocycles. The van der Waals surface area contributed by atoms with Gasteiger partial charge in [-0.3, -0.25) is 4.98 Å². The minimum atomic E-state index is -1.00. The number of aliphatic carboxylic acids is 1. The Kier molecular flexibility index (Phi) is 5.45. The normalized spacial score (nSPS) is 11.2.